The zero-order valence-corrected chi connectivity index (χ0v) is 23.0. The van der Waals surface area contributed by atoms with Crippen molar-refractivity contribution in [1.29, 1.82) is 0 Å². The maximum absolute atomic E-state index is 13.9. The van der Waals surface area contributed by atoms with Gasteiger partial charge in [-0.05, 0) is 73.3 Å². The lowest BCUT2D eigenvalue weighted by atomic mass is 9.59. The van der Waals surface area contributed by atoms with Crippen molar-refractivity contribution in [1.82, 2.24) is 20.5 Å². The number of hydrogen-bond acceptors (Lipinski definition) is 5. The van der Waals surface area contributed by atoms with Gasteiger partial charge in [0.05, 0.1) is 11.6 Å². The second kappa shape index (κ2) is 10.5. The van der Waals surface area contributed by atoms with E-state index in [0.717, 1.165) is 61.8 Å². The van der Waals surface area contributed by atoms with E-state index in [0.29, 0.717) is 41.7 Å². The number of aliphatic imine (C=N–C) groups is 1. The molecule has 1 aliphatic heterocycles. The summed E-state index contributed by atoms with van der Waals surface area (Å²) >= 11 is 0. The summed E-state index contributed by atoms with van der Waals surface area (Å²) in [7, 11) is 0. The van der Waals surface area contributed by atoms with Gasteiger partial charge in [-0.25, -0.2) is 9.38 Å². The highest BCUT2D eigenvalue weighted by Gasteiger charge is 2.49. The van der Waals surface area contributed by atoms with Crippen molar-refractivity contribution in [2.45, 2.75) is 63.7 Å². The van der Waals surface area contributed by atoms with Crippen molar-refractivity contribution in [3.63, 3.8) is 0 Å². The molecule has 8 heteroatoms. The van der Waals surface area contributed by atoms with Crippen LogP contribution < -0.4 is 5.32 Å². The molecule has 0 saturated heterocycles. The van der Waals surface area contributed by atoms with Gasteiger partial charge in [0.15, 0.2) is 5.82 Å². The number of halogens is 1. The number of nitrogens with one attached hydrogen (secondary N) is 2. The van der Waals surface area contributed by atoms with Gasteiger partial charge in [-0.3, -0.25) is 19.7 Å². The summed E-state index contributed by atoms with van der Waals surface area (Å²) in [6.07, 6.45) is 15.0. The third-order valence-electron chi connectivity index (χ3n) is 9.35. The Morgan fingerprint density at radius 1 is 1.10 bits per heavy atom. The van der Waals surface area contributed by atoms with Crippen molar-refractivity contribution in [3.05, 3.63) is 71.4 Å². The molecule has 1 aromatic carbocycles. The highest BCUT2D eigenvalue weighted by Crippen LogP contribution is 2.52. The van der Waals surface area contributed by atoms with E-state index in [2.05, 4.69) is 20.5 Å². The van der Waals surface area contributed by atoms with Crippen molar-refractivity contribution in [2.75, 3.05) is 6.54 Å². The van der Waals surface area contributed by atoms with E-state index in [9.17, 15) is 14.0 Å². The SMILES string of the molecule is O=C(NCC1CC1)c1[nH]nc2c1C(/C=C/c1ccc(-c3cccc(F)c3)cn1)C1C(=O)CC3(CCCCC3)CC1=N2. The van der Waals surface area contributed by atoms with Crippen molar-refractivity contribution in [2.24, 2.45) is 22.2 Å². The van der Waals surface area contributed by atoms with E-state index in [4.69, 9.17) is 4.99 Å². The molecule has 7 rings (SSSR count). The third-order valence-corrected chi connectivity index (χ3v) is 9.35. The Balaban J connectivity index is 1.22. The number of rotatable bonds is 6. The van der Waals surface area contributed by atoms with Gasteiger partial charge in [0.25, 0.3) is 5.91 Å². The number of ketones is 1. The van der Waals surface area contributed by atoms with Crippen LogP contribution in [0.4, 0.5) is 10.2 Å². The highest BCUT2D eigenvalue weighted by molar-refractivity contribution is 6.11. The van der Waals surface area contributed by atoms with Crippen LogP contribution in [0.1, 0.15) is 85.5 Å². The van der Waals surface area contributed by atoms with Gasteiger partial charge in [0.2, 0.25) is 0 Å². The summed E-state index contributed by atoms with van der Waals surface area (Å²) in [4.78, 5) is 36.6. The van der Waals surface area contributed by atoms with Gasteiger partial charge in [-0.1, -0.05) is 43.5 Å². The Kier molecular flexibility index (Phi) is 6.64. The third kappa shape index (κ3) is 5.16. The molecule has 0 radical (unpaired) electrons. The van der Waals surface area contributed by atoms with E-state index in [1.165, 1.54) is 18.6 Å². The van der Waals surface area contributed by atoms with Gasteiger partial charge in [-0.15, -0.1) is 0 Å². The highest BCUT2D eigenvalue weighted by atomic mass is 19.1. The number of hydrogen-bond donors (Lipinski definition) is 2. The van der Waals surface area contributed by atoms with Crippen LogP contribution >= 0.6 is 0 Å². The molecule has 7 nitrogen and oxygen atoms in total. The van der Waals surface area contributed by atoms with Crippen molar-refractivity contribution >= 4 is 29.3 Å². The number of aromatic nitrogens is 3. The van der Waals surface area contributed by atoms with Gasteiger partial charge < -0.3 is 5.32 Å². The summed E-state index contributed by atoms with van der Waals surface area (Å²) in [5.74, 6) is -0.00388. The van der Waals surface area contributed by atoms with E-state index in [-0.39, 0.29) is 28.8 Å². The van der Waals surface area contributed by atoms with Crippen LogP contribution in [0.15, 0.2) is 53.7 Å². The van der Waals surface area contributed by atoms with Gasteiger partial charge in [-0.2, -0.15) is 5.10 Å². The van der Waals surface area contributed by atoms with Gasteiger partial charge in [0.1, 0.15) is 17.3 Å². The number of amides is 1. The first kappa shape index (κ1) is 26.0. The maximum atomic E-state index is 13.9. The molecule has 3 saturated carbocycles. The minimum absolute atomic E-state index is 0.00547. The van der Waals surface area contributed by atoms with Crippen molar-refractivity contribution < 1.29 is 14.0 Å². The molecule has 4 aliphatic rings. The molecule has 3 aliphatic carbocycles. The number of benzene rings is 1. The average molecular weight is 552 g/mol. The van der Waals surface area contributed by atoms with Crippen LogP contribution in [0.3, 0.4) is 0 Å². The maximum Gasteiger partial charge on any atom is 0.269 e. The molecule has 0 bridgehead atoms. The minimum atomic E-state index is -0.412. The average Bonchev–Trinajstić information content (AvgIpc) is 3.71. The van der Waals surface area contributed by atoms with E-state index < -0.39 is 5.92 Å². The molecule has 2 unspecified atom stereocenters. The number of Topliss-reactive ketones (excluding diaryl/α,β-unsaturated/α-hetero) is 1. The molecule has 210 valence electrons. The number of pyridine rings is 1. The number of carbonyl (C=O) groups is 2. The van der Waals surface area contributed by atoms with E-state index in [1.807, 2.05) is 30.4 Å². The minimum Gasteiger partial charge on any atom is -0.350 e. The lowest BCUT2D eigenvalue weighted by molar-refractivity contribution is -0.125. The smallest absolute Gasteiger partial charge is 0.269 e. The number of H-pyrrole nitrogens is 1. The first-order valence-corrected chi connectivity index (χ1v) is 14.8. The molecular formula is C33H34FN5O2. The number of aromatic amines is 1. The Labute approximate surface area is 238 Å². The Morgan fingerprint density at radius 3 is 2.71 bits per heavy atom. The predicted molar refractivity (Wildman–Crippen MR) is 155 cm³/mol. The zero-order chi connectivity index (χ0) is 28.0. The zero-order valence-electron chi connectivity index (χ0n) is 23.0. The Hall–Kier alpha value is -3.94. The fraction of sp³-hybridized carbons (Fsp3) is 0.424. The predicted octanol–water partition coefficient (Wildman–Crippen LogP) is 6.56. The quantitative estimate of drug-likeness (QED) is 0.362. The summed E-state index contributed by atoms with van der Waals surface area (Å²) in [6.45, 7) is 0.647. The molecule has 2 atom stereocenters. The lowest BCUT2D eigenvalue weighted by Gasteiger charge is -2.45. The van der Waals surface area contributed by atoms with Crippen LogP contribution in [0.2, 0.25) is 0 Å². The van der Waals surface area contributed by atoms with Gasteiger partial charge in [0, 0.05) is 41.9 Å². The fourth-order valence-electron chi connectivity index (χ4n) is 7.01. The number of nitrogens with zero attached hydrogens (tertiary/aromatic N) is 3. The summed E-state index contributed by atoms with van der Waals surface area (Å²) in [5, 5.41) is 10.5. The normalized spacial score (nSPS) is 23.2. The topological polar surface area (TPSA) is 100 Å². The molecule has 1 spiro atoms. The first-order valence-electron chi connectivity index (χ1n) is 14.8. The second-order valence-electron chi connectivity index (χ2n) is 12.3. The number of allylic oxidation sites excluding steroid dienone is 1. The van der Waals surface area contributed by atoms with E-state index in [1.54, 1.807) is 12.3 Å². The van der Waals surface area contributed by atoms with Crippen LogP contribution in [-0.2, 0) is 4.79 Å². The van der Waals surface area contributed by atoms with Crippen molar-refractivity contribution in [3.8, 4) is 11.1 Å². The van der Waals surface area contributed by atoms with Gasteiger partial charge >= 0.3 is 0 Å². The largest absolute Gasteiger partial charge is 0.350 e. The first-order chi connectivity index (χ1) is 20.0. The van der Waals surface area contributed by atoms with Crippen LogP contribution in [-0.4, -0.2) is 39.1 Å². The number of carbonyl (C=O) groups excluding carboxylic acids is 2. The molecule has 3 aromatic rings. The molecule has 2 aromatic heterocycles. The van der Waals surface area contributed by atoms with Crippen LogP contribution in [0.5, 0.6) is 0 Å². The fourth-order valence-corrected chi connectivity index (χ4v) is 7.01. The molecule has 41 heavy (non-hydrogen) atoms. The Morgan fingerprint density at radius 2 is 1.95 bits per heavy atom. The molecule has 2 N–H and O–H groups in total. The Bertz CT molecular complexity index is 1550. The standard InChI is InChI=1S/C33H34FN5O2/c34-23-6-4-5-21(15-23)22-9-10-24(35-19-22)11-12-25-28-26(16-33(17-27(28)40)13-2-1-3-14-33)37-31-29(25)30(38-39-31)32(41)36-18-20-7-8-20/h4-6,9-12,15,19-20,25,28H,1-3,7-8,13-14,16-18H2,(H,36,41)(H,38,39)/b12-11+. The van der Waals surface area contributed by atoms with Crippen LogP contribution in [0.25, 0.3) is 17.2 Å². The molecule has 3 fully saturated rings. The number of fused-ring (bicyclic) bond motifs is 2. The molecule has 3 heterocycles. The summed E-state index contributed by atoms with van der Waals surface area (Å²) < 4.78 is 13.7. The summed E-state index contributed by atoms with van der Waals surface area (Å²) in [6, 6.07) is 10.2. The van der Waals surface area contributed by atoms with E-state index >= 15 is 0 Å². The van der Waals surface area contributed by atoms with Crippen LogP contribution in [0, 0.1) is 23.1 Å². The molecular weight excluding hydrogens is 517 g/mol. The lowest BCUT2D eigenvalue weighted by Crippen LogP contribution is -2.45. The second-order valence-corrected chi connectivity index (χ2v) is 12.3. The monoisotopic (exact) mass is 551 g/mol. The summed E-state index contributed by atoms with van der Waals surface area (Å²) in [5.41, 5.74) is 4.27. The molecule has 1 amide bonds.